The van der Waals surface area contributed by atoms with E-state index in [4.69, 9.17) is 0 Å². The van der Waals surface area contributed by atoms with Crippen LogP contribution in [0, 0.1) is 0 Å². The minimum Gasteiger partial charge on any atom is -0.347 e. The topological polar surface area (TPSA) is 62.3 Å². The third-order valence-corrected chi connectivity index (χ3v) is 4.95. The maximum atomic E-state index is 12.5. The van der Waals surface area contributed by atoms with Gasteiger partial charge < -0.3 is 5.32 Å². The van der Waals surface area contributed by atoms with Crippen molar-refractivity contribution in [3.05, 3.63) is 46.5 Å². The van der Waals surface area contributed by atoms with Gasteiger partial charge >= 0.3 is 0 Å². The van der Waals surface area contributed by atoms with Crippen molar-refractivity contribution in [3.63, 3.8) is 0 Å². The summed E-state index contributed by atoms with van der Waals surface area (Å²) in [5.41, 5.74) is 1.81. The van der Waals surface area contributed by atoms with Crippen LogP contribution >= 0.6 is 11.3 Å². The lowest BCUT2D eigenvalue weighted by molar-refractivity contribution is -0.117. The average molecular weight is 329 g/mol. The Morgan fingerprint density at radius 1 is 1.35 bits per heavy atom. The Morgan fingerprint density at radius 2 is 2.13 bits per heavy atom. The molecule has 1 fully saturated rings. The normalized spacial score (nSPS) is 14.3. The van der Waals surface area contributed by atoms with E-state index in [9.17, 15) is 9.59 Å². The second-order valence-electron chi connectivity index (χ2n) is 5.44. The Bertz CT molecular complexity index is 712. The maximum Gasteiger partial charge on any atom is 0.263 e. The number of nitrogens with zero attached hydrogens (tertiary/aromatic N) is 2. The smallest absolute Gasteiger partial charge is 0.263 e. The number of nitrogens with one attached hydrogen (secondary N) is 1. The van der Waals surface area contributed by atoms with Gasteiger partial charge in [-0.25, -0.2) is 4.98 Å². The molecule has 0 aliphatic carbocycles. The van der Waals surface area contributed by atoms with Gasteiger partial charge in [0, 0.05) is 19.5 Å². The second kappa shape index (κ2) is 6.91. The van der Waals surface area contributed by atoms with Gasteiger partial charge in [-0.2, -0.15) is 0 Å². The summed E-state index contributed by atoms with van der Waals surface area (Å²) >= 11 is 1.31. The summed E-state index contributed by atoms with van der Waals surface area (Å²) in [5.74, 6) is -0.0289. The van der Waals surface area contributed by atoms with Crippen LogP contribution in [0.4, 0.5) is 5.13 Å². The molecule has 5 nitrogen and oxygen atoms in total. The number of amides is 2. The molecule has 1 aromatic heterocycles. The Balaban J connectivity index is 1.74. The van der Waals surface area contributed by atoms with Gasteiger partial charge in [0.25, 0.3) is 5.91 Å². The molecule has 6 heteroatoms. The Kier molecular flexibility index (Phi) is 4.71. The van der Waals surface area contributed by atoms with E-state index in [0.717, 1.165) is 17.7 Å². The quantitative estimate of drug-likeness (QED) is 0.917. The van der Waals surface area contributed by atoms with Crippen LogP contribution in [-0.4, -0.2) is 23.3 Å². The van der Waals surface area contributed by atoms with Crippen molar-refractivity contribution >= 4 is 28.3 Å². The number of rotatable bonds is 5. The van der Waals surface area contributed by atoms with Crippen LogP contribution in [0.25, 0.3) is 0 Å². The van der Waals surface area contributed by atoms with Crippen LogP contribution in [0.2, 0.25) is 0 Å². The first-order valence-corrected chi connectivity index (χ1v) is 8.63. The lowest BCUT2D eigenvalue weighted by Crippen LogP contribution is -2.23. The summed E-state index contributed by atoms with van der Waals surface area (Å²) in [5, 5.41) is 3.58. The van der Waals surface area contributed by atoms with Crippen LogP contribution in [-0.2, 0) is 17.8 Å². The molecule has 1 aliphatic rings. The van der Waals surface area contributed by atoms with E-state index in [1.165, 1.54) is 11.3 Å². The number of benzene rings is 1. The van der Waals surface area contributed by atoms with Gasteiger partial charge in [-0.3, -0.25) is 14.5 Å². The summed E-state index contributed by atoms with van der Waals surface area (Å²) in [7, 11) is 0. The number of thiazole rings is 1. The molecule has 0 saturated carbocycles. The van der Waals surface area contributed by atoms with E-state index >= 15 is 0 Å². The fraction of sp³-hybridized carbons (Fsp3) is 0.353. The van der Waals surface area contributed by atoms with Gasteiger partial charge in [0.05, 0.1) is 5.69 Å². The number of hydrogen-bond acceptors (Lipinski definition) is 4. The summed E-state index contributed by atoms with van der Waals surface area (Å²) in [6.45, 7) is 3.15. The van der Waals surface area contributed by atoms with Crippen molar-refractivity contribution < 1.29 is 9.59 Å². The Morgan fingerprint density at radius 3 is 2.78 bits per heavy atom. The highest BCUT2D eigenvalue weighted by Crippen LogP contribution is 2.29. The molecule has 1 N–H and O–H groups in total. The molecule has 2 heterocycles. The molecule has 1 aromatic carbocycles. The largest absolute Gasteiger partial charge is 0.347 e. The second-order valence-corrected chi connectivity index (χ2v) is 6.42. The molecule has 0 unspecified atom stereocenters. The number of carbonyl (C=O) groups is 2. The SMILES string of the molecule is CCc1nc(N2CCCC2=O)sc1C(=O)NCc1ccccc1. The van der Waals surface area contributed by atoms with E-state index in [1.54, 1.807) is 4.90 Å². The number of anilines is 1. The summed E-state index contributed by atoms with van der Waals surface area (Å²) < 4.78 is 0. The highest BCUT2D eigenvalue weighted by atomic mass is 32.1. The first-order chi connectivity index (χ1) is 11.2. The van der Waals surface area contributed by atoms with E-state index in [-0.39, 0.29) is 11.8 Å². The zero-order valence-corrected chi connectivity index (χ0v) is 13.9. The lowest BCUT2D eigenvalue weighted by Gasteiger charge is -2.10. The monoisotopic (exact) mass is 329 g/mol. The highest BCUT2D eigenvalue weighted by Gasteiger charge is 2.27. The van der Waals surface area contributed by atoms with Crippen molar-refractivity contribution in [2.45, 2.75) is 32.7 Å². The first kappa shape index (κ1) is 15.7. The molecule has 0 radical (unpaired) electrons. The Labute approximate surface area is 139 Å². The number of aryl methyl sites for hydroxylation is 1. The molecule has 120 valence electrons. The van der Waals surface area contributed by atoms with Crippen LogP contribution in [0.3, 0.4) is 0 Å². The van der Waals surface area contributed by atoms with E-state index in [0.29, 0.717) is 35.9 Å². The predicted octanol–water partition coefficient (Wildman–Crippen LogP) is 2.76. The van der Waals surface area contributed by atoms with E-state index in [1.807, 2.05) is 37.3 Å². The van der Waals surface area contributed by atoms with Gasteiger partial charge in [-0.1, -0.05) is 48.6 Å². The number of carbonyl (C=O) groups excluding carboxylic acids is 2. The van der Waals surface area contributed by atoms with Gasteiger partial charge in [0.15, 0.2) is 5.13 Å². The molecule has 3 rings (SSSR count). The fourth-order valence-corrected chi connectivity index (χ4v) is 3.69. The molecule has 0 spiro atoms. The standard InChI is InChI=1S/C17H19N3O2S/c1-2-13-15(16(22)18-11-12-7-4-3-5-8-12)23-17(19-13)20-10-6-9-14(20)21/h3-5,7-8H,2,6,9-11H2,1H3,(H,18,22). The lowest BCUT2D eigenvalue weighted by atomic mass is 10.2. The van der Waals surface area contributed by atoms with Crippen molar-refractivity contribution in [2.75, 3.05) is 11.4 Å². The van der Waals surface area contributed by atoms with Crippen LogP contribution in [0.5, 0.6) is 0 Å². The van der Waals surface area contributed by atoms with Crippen molar-refractivity contribution in [2.24, 2.45) is 0 Å². The van der Waals surface area contributed by atoms with Gasteiger partial charge in [-0.15, -0.1) is 0 Å². The molecule has 1 aliphatic heterocycles. The highest BCUT2D eigenvalue weighted by molar-refractivity contribution is 7.17. The summed E-state index contributed by atoms with van der Waals surface area (Å²) in [4.78, 5) is 31.1. The zero-order chi connectivity index (χ0) is 16.2. The number of aromatic nitrogens is 1. The van der Waals surface area contributed by atoms with E-state index in [2.05, 4.69) is 10.3 Å². The molecule has 0 atom stereocenters. The average Bonchev–Trinajstić information content (AvgIpc) is 3.19. The molecule has 1 saturated heterocycles. The summed E-state index contributed by atoms with van der Waals surface area (Å²) in [6.07, 6.45) is 2.10. The third-order valence-electron chi connectivity index (χ3n) is 3.83. The van der Waals surface area contributed by atoms with Gasteiger partial charge in [-0.05, 0) is 18.4 Å². The van der Waals surface area contributed by atoms with Crippen LogP contribution < -0.4 is 10.2 Å². The third kappa shape index (κ3) is 3.42. The number of hydrogen-bond donors (Lipinski definition) is 1. The Hall–Kier alpha value is -2.21. The van der Waals surface area contributed by atoms with Crippen molar-refractivity contribution in [1.82, 2.24) is 10.3 Å². The molecule has 23 heavy (non-hydrogen) atoms. The minimum atomic E-state index is -0.124. The van der Waals surface area contributed by atoms with E-state index < -0.39 is 0 Å². The molecule has 0 bridgehead atoms. The first-order valence-electron chi connectivity index (χ1n) is 7.81. The predicted molar refractivity (Wildman–Crippen MR) is 90.7 cm³/mol. The van der Waals surface area contributed by atoms with Gasteiger partial charge in [0.1, 0.15) is 4.88 Å². The maximum absolute atomic E-state index is 12.5. The fourth-order valence-electron chi connectivity index (χ4n) is 2.58. The molecular weight excluding hydrogens is 310 g/mol. The van der Waals surface area contributed by atoms with Gasteiger partial charge in [0.2, 0.25) is 5.91 Å². The molecular formula is C17H19N3O2S. The minimum absolute atomic E-state index is 0.0950. The zero-order valence-electron chi connectivity index (χ0n) is 13.0. The molecule has 2 amide bonds. The molecule has 2 aromatic rings. The van der Waals surface area contributed by atoms with Crippen LogP contribution in [0.1, 0.15) is 40.7 Å². The van der Waals surface area contributed by atoms with Crippen LogP contribution in [0.15, 0.2) is 30.3 Å². The van der Waals surface area contributed by atoms with Crippen molar-refractivity contribution in [3.8, 4) is 0 Å². The summed E-state index contributed by atoms with van der Waals surface area (Å²) in [6, 6.07) is 9.79. The van der Waals surface area contributed by atoms with Crippen molar-refractivity contribution in [1.29, 1.82) is 0 Å².